The molecule has 0 saturated carbocycles. The Labute approximate surface area is 102 Å². The van der Waals surface area contributed by atoms with Crippen LogP contribution in [0.25, 0.3) is 0 Å². The first-order chi connectivity index (χ1) is 8.15. The van der Waals surface area contributed by atoms with Crippen LogP contribution in [0.1, 0.15) is 25.1 Å². The number of nitrogens with two attached hydrogens (primary N) is 1. The quantitative estimate of drug-likeness (QED) is 0.819. The first-order valence-electron chi connectivity index (χ1n) is 5.98. The Bertz CT molecular complexity index is 468. The van der Waals surface area contributed by atoms with Crippen molar-refractivity contribution in [3.05, 3.63) is 48.0 Å². The number of imidazole rings is 1. The van der Waals surface area contributed by atoms with E-state index >= 15 is 0 Å². The first kappa shape index (κ1) is 11.7. The molecule has 0 aliphatic rings. The molecule has 1 aromatic heterocycles. The van der Waals surface area contributed by atoms with Crippen molar-refractivity contribution in [3.63, 3.8) is 0 Å². The summed E-state index contributed by atoms with van der Waals surface area (Å²) in [7, 11) is 0. The number of benzene rings is 1. The van der Waals surface area contributed by atoms with E-state index in [1.54, 1.807) is 0 Å². The van der Waals surface area contributed by atoms with E-state index < -0.39 is 0 Å². The van der Waals surface area contributed by atoms with Crippen LogP contribution in [-0.2, 0) is 13.0 Å². The topological polar surface area (TPSA) is 43.8 Å². The number of anilines is 1. The fraction of sp³-hybridized carbons (Fsp3) is 0.357. The summed E-state index contributed by atoms with van der Waals surface area (Å²) < 4.78 is 2.20. The van der Waals surface area contributed by atoms with Crippen LogP contribution in [-0.4, -0.2) is 9.55 Å². The highest BCUT2D eigenvalue weighted by Crippen LogP contribution is 2.12. The normalized spacial score (nSPS) is 11.0. The van der Waals surface area contributed by atoms with Gasteiger partial charge in [0.05, 0.1) is 6.33 Å². The maximum Gasteiger partial charge on any atom is 0.0951 e. The molecule has 90 valence electrons. The Morgan fingerprint density at radius 1 is 1.24 bits per heavy atom. The van der Waals surface area contributed by atoms with Crippen LogP contribution in [0.2, 0.25) is 0 Å². The van der Waals surface area contributed by atoms with Crippen molar-refractivity contribution in [1.82, 2.24) is 9.55 Å². The van der Waals surface area contributed by atoms with Crippen LogP contribution in [0.5, 0.6) is 0 Å². The van der Waals surface area contributed by atoms with Crippen molar-refractivity contribution in [2.45, 2.75) is 26.8 Å². The molecule has 2 N–H and O–H groups in total. The predicted molar refractivity (Wildman–Crippen MR) is 70.7 cm³/mol. The molecule has 0 unspecified atom stereocenters. The lowest BCUT2D eigenvalue weighted by atomic mass is 10.1. The Balaban J connectivity index is 2.13. The smallest absolute Gasteiger partial charge is 0.0951 e. The summed E-state index contributed by atoms with van der Waals surface area (Å²) in [6.45, 7) is 5.31. The number of hydrogen-bond acceptors (Lipinski definition) is 2. The van der Waals surface area contributed by atoms with Gasteiger partial charge in [0.1, 0.15) is 0 Å². The summed E-state index contributed by atoms with van der Waals surface area (Å²) >= 11 is 0. The second-order valence-electron chi connectivity index (χ2n) is 4.85. The molecule has 0 radical (unpaired) electrons. The summed E-state index contributed by atoms with van der Waals surface area (Å²) in [5.74, 6) is 0.650. The van der Waals surface area contributed by atoms with Crippen molar-refractivity contribution >= 4 is 5.69 Å². The third-order valence-corrected chi connectivity index (χ3v) is 2.75. The third-order valence-electron chi connectivity index (χ3n) is 2.75. The van der Waals surface area contributed by atoms with Gasteiger partial charge in [0.25, 0.3) is 0 Å². The summed E-state index contributed by atoms with van der Waals surface area (Å²) in [5.41, 5.74) is 9.02. The van der Waals surface area contributed by atoms with Gasteiger partial charge in [0, 0.05) is 24.1 Å². The average molecular weight is 229 g/mol. The van der Waals surface area contributed by atoms with Crippen LogP contribution in [0.3, 0.4) is 0 Å². The van der Waals surface area contributed by atoms with E-state index in [1.807, 2.05) is 24.7 Å². The highest BCUT2D eigenvalue weighted by atomic mass is 15.0. The first-order valence-corrected chi connectivity index (χ1v) is 5.98. The van der Waals surface area contributed by atoms with Crippen LogP contribution in [0.15, 0.2) is 36.8 Å². The molecule has 0 fully saturated rings. The van der Waals surface area contributed by atoms with Gasteiger partial charge in [-0.05, 0) is 30.0 Å². The predicted octanol–water partition coefficient (Wildman–Crippen LogP) is 2.71. The van der Waals surface area contributed by atoms with E-state index in [-0.39, 0.29) is 0 Å². The second kappa shape index (κ2) is 5.04. The van der Waals surface area contributed by atoms with E-state index in [9.17, 15) is 0 Å². The fourth-order valence-electron chi connectivity index (χ4n) is 1.90. The third kappa shape index (κ3) is 3.09. The van der Waals surface area contributed by atoms with Crippen molar-refractivity contribution in [1.29, 1.82) is 0 Å². The molecule has 0 aliphatic heterocycles. The van der Waals surface area contributed by atoms with Gasteiger partial charge in [-0.25, -0.2) is 4.98 Å². The number of hydrogen-bond donors (Lipinski definition) is 1. The molecule has 2 aromatic rings. The minimum atomic E-state index is 0.650. The SMILES string of the molecule is CC(C)Cc1cncn1Cc1ccc(N)cc1. The van der Waals surface area contributed by atoms with E-state index in [4.69, 9.17) is 5.73 Å². The van der Waals surface area contributed by atoms with Crippen molar-refractivity contribution in [2.24, 2.45) is 5.92 Å². The number of nitrogens with zero attached hydrogens (tertiary/aromatic N) is 2. The van der Waals surface area contributed by atoms with Crippen molar-refractivity contribution in [3.8, 4) is 0 Å². The van der Waals surface area contributed by atoms with E-state index in [0.29, 0.717) is 5.92 Å². The van der Waals surface area contributed by atoms with E-state index in [1.165, 1.54) is 11.3 Å². The second-order valence-corrected chi connectivity index (χ2v) is 4.85. The van der Waals surface area contributed by atoms with Gasteiger partial charge >= 0.3 is 0 Å². The van der Waals surface area contributed by atoms with Crippen molar-refractivity contribution < 1.29 is 0 Å². The van der Waals surface area contributed by atoms with Gasteiger partial charge in [-0.1, -0.05) is 26.0 Å². The molecule has 0 bridgehead atoms. The molecule has 1 aromatic carbocycles. The molecule has 17 heavy (non-hydrogen) atoms. The molecule has 2 rings (SSSR count). The summed E-state index contributed by atoms with van der Waals surface area (Å²) in [6, 6.07) is 8.01. The highest BCUT2D eigenvalue weighted by Gasteiger charge is 2.05. The van der Waals surface area contributed by atoms with Gasteiger partial charge in [0.15, 0.2) is 0 Å². The molecule has 0 spiro atoms. The van der Waals surface area contributed by atoms with Crippen LogP contribution in [0.4, 0.5) is 5.69 Å². The Hall–Kier alpha value is -1.77. The average Bonchev–Trinajstić information content (AvgIpc) is 2.68. The van der Waals surface area contributed by atoms with E-state index in [0.717, 1.165) is 18.7 Å². The molecule has 0 amide bonds. The molecule has 0 atom stereocenters. The lowest BCUT2D eigenvalue weighted by Gasteiger charge is -2.10. The van der Waals surface area contributed by atoms with Gasteiger partial charge in [-0.2, -0.15) is 0 Å². The summed E-state index contributed by atoms with van der Waals surface area (Å²) in [4.78, 5) is 4.23. The minimum Gasteiger partial charge on any atom is -0.399 e. The zero-order valence-corrected chi connectivity index (χ0v) is 10.4. The maximum absolute atomic E-state index is 5.68. The Kier molecular flexibility index (Phi) is 3.47. The largest absolute Gasteiger partial charge is 0.399 e. The van der Waals surface area contributed by atoms with Crippen LogP contribution < -0.4 is 5.73 Å². The van der Waals surface area contributed by atoms with Crippen LogP contribution in [0, 0.1) is 5.92 Å². The molecule has 3 nitrogen and oxygen atoms in total. The molecule has 0 aliphatic carbocycles. The fourth-order valence-corrected chi connectivity index (χ4v) is 1.90. The zero-order chi connectivity index (χ0) is 12.3. The minimum absolute atomic E-state index is 0.650. The van der Waals surface area contributed by atoms with Gasteiger partial charge in [-0.15, -0.1) is 0 Å². The lowest BCUT2D eigenvalue weighted by molar-refractivity contribution is 0.604. The number of aromatic nitrogens is 2. The monoisotopic (exact) mass is 229 g/mol. The number of nitrogen functional groups attached to an aromatic ring is 1. The van der Waals surface area contributed by atoms with Crippen LogP contribution >= 0.6 is 0 Å². The highest BCUT2D eigenvalue weighted by molar-refractivity contribution is 5.39. The maximum atomic E-state index is 5.68. The lowest BCUT2D eigenvalue weighted by Crippen LogP contribution is -2.06. The van der Waals surface area contributed by atoms with Gasteiger partial charge in [0.2, 0.25) is 0 Å². The molecular weight excluding hydrogens is 210 g/mol. The number of rotatable bonds is 4. The molecule has 0 saturated heterocycles. The summed E-state index contributed by atoms with van der Waals surface area (Å²) in [5, 5.41) is 0. The van der Waals surface area contributed by atoms with Gasteiger partial charge < -0.3 is 10.3 Å². The molecular formula is C14H19N3. The zero-order valence-electron chi connectivity index (χ0n) is 10.4. The standard InChI is InChI=1S/C14H19N3/c1-11(2)7-14-8-16-10-17(14)9-12-3-5-13(15)6-4-12/h3-6,8,10-11H,7,9,15H2,1-2H3. The molecule has 1 heterocycles. The van der Waals surface area contributed by atoms with Gasteiger partial charge in [-0.3, -0.25) is 0 Å². The Morgan fingerprint density at radius 2 is 1.94 bits per heavy atom. The van der Waals surface area contributed by atoms with Crippen molar-refractivity contribution in [2.75, 3.05) is 5.73 Å². The van der Waals surface area contributed by atoms with E-state index in [2.05, 4.69) is 35.5 Å². The Morgan fingerprint density at radius 3 is 2.59 bits per heavy atom. The molecule has 3 heteroatoms. The summed E-state index contributed by atoms with van der Waals surface area (Å²) in [6.07, 6.45) is 4.92.